The van der Waals surface area contributed by atoms with E-state index in [0.717, 1.165) is 5.52 Å². The molecule has 8 nitrogen and oxygen atoms in total. The predicted octanol–water partition coefficient (Wildman–Crippen LogP) is 1.95. The van der Waals surface area contributed by atoms with Gasteiger partial charge in [-0.05, 0) is 18.2 Å². The Balaban J connectivity index is 1.68. The minimum absolute atomic E-state index is 0.0390. The van der Waals surface area contributed by atoms with Crippen LogP contribution in [0.25, 0.3) is 11.0 Å². The molecule has 0 aliphatic heterocycles. The summed E-state index contributed by atoms with van der Waals surface area (Å²) in [5.74, 6) is -0.290. The highest BCUT2D eigenvalue weighted by Gasteiger charge is 2.10. The van der Waals surface area contributed by atoms with E-state index >= 15 is 0 Å². The zero-order valence-corrected chi connectivity index (χ0v) is 13.9. The third-order valence-electron chi connectivity index (χ3n) is 3.40. The highest BCUT2D eigenvalue weighted by atomic mass is 35.5. The molecule has 0 bridgehead atoms. The number of phenols is 1. The van der Waals surface area contributed by atoms with Gasteiger partial charge in [0.05, 0.1) is 18.8 Å². The predicted molar refractivity (Wildman–Crippen MR) is 92.9 cm³/mol. The standard InChI is InChI=1S/C16H14ClN5O3/c1-25-14-7-11(17)6-10(16(14)24)8-18-20-15(23)9-22-13-5-3-2-4-12(13)19-21-22/h2-8,24H,9H2,1H3,(H,20,23)/b18-8-. The van der Waals surface area contributed by atoms with Gasteiger partial charge in [0, 0.05) is 16.7 Å². The molecule has 0 saturated carbocycles. The Morgan fingerprint density at radius 1 is 1.44 bits per heavy atom. The van der Waals surface area contributed by atoms with Crippen molar-refractivity contribution >= 4 is 34.8 Å². The number of phenolic OH excluding ortho intramolecular Hbond substituents is 1. The number of methoxy groups -OCH3 is 1. The largest absolute Gasteiger partial charge is 0.504 e. The third kappa shape index (κ3) is 3.69. The van der Waals surface area contributed by atoms with Crippen LogP contribution in [0, 0.1) is 0 Å². The maximum Gasteiger partial charge on any atom is 0.261 e. The normalized spacial score (nSPS) is 11.1. The highest BCUT2D eigenvalue weighted by molar-refractivity contribution is 6.31. The topological polar surface area (TPSA) is 102 Å². The molecule has 1 heterocycles. The fourth-order valence-corrected chi connectivity index (χ4v) is 2.44. The number of amides is 1. The average molecular weight is 360 g/mol. The molecule has 25 heavy (non-hydrogen) atoms. The number of aromatic nitrogens is 3. The van der Waals surface area contributed by atoms with E-state index in [0.29, 0.717) is 16.1 Å². The lowest BCUT2D eigenvalue weighted by Gasteiger charge is -2.06. The second-order valence-corrected chi connectivity index (χ2v) is 5.51. The van der Waals surface area contributed by atoms with Gasteiger partial charge in [0.25, 0.3) is 5.91 Å². The molecule has 0 spiro atoms. The molecule has 0 unspecified atom stereocenters. The number of halogens is 1. The Labute approximate surface area is 147 Å². The summed E-state index contributed by atoms with van der Waals surface area (Å²) in [7, 11) is 1.41. The van der Waals surface area contributed by atoms with Gasteiger partial charge in [-0.25, -0.2) is 10.1 Å². The molecule has 1 aromatic heterocycles. The van der Waals surface area contributed by atoms with Crippen LogP contribution in [0.5, 0.6) is 11.5 Å². The number of carbonyl (C=O) groups excluding carboxylic acids is 1. The van der Waals surface area contributed by atoms with Crippen molar-refractivity contribution in [3.63, 3.8) is 0 Å². The monoisotopic (exact) mass is 359 g/mol. The maximum absolute atomic E-state index is 12.0. The lowest BCUT2D eigenvalue weighted by Crippen LogP contribution is -2.23. The third-order valence-corrected chi connectivity index (χ3v) is 3.61. The Bertz CT molecular complexity index is 954. The number of rotatable bonds is 5. The molecule has 2 aromatic carbocycles. The molecule has 128 valence electrons. The molecular weight excluding hydrogens is 346 g/mol. The first kappa shape index (κ1) is 16.7. The molecular formula is C16H14ClN5O3. The summed E-state index contributed by atoms with van der Waals surface area (Å²) in [6, 6.07) is 10.3. The van der Waals surface area contributed by atoms with Gasteiger partial charge < -0.3 is 9.84 Å². The fraction of sp³-hybridized carbons (Fsp3) is 0.125. The molecule has 9 heteroatoms. The van der Waals surface area contributed by atoms with E-state index in [4.69, 9.17) is 16.3 Å². The van der Waals surface area contributed by atoms with Crippen LogP contribution in [0.2, 0.25) is 5.02 Å². The Morgan fingerprint density at radius 2 is 2.24 bits per heavy atom. The molecule has 0 atom stereocenters. The van der Waals surface area contributed by atoms with Crippen LogP contribution in [0.3, 0.4) is 0 Å². The number of para-hydroxylation sites is 1. The van der Waals surface area contributed by atoms with E-state index in [1.165, 1.54) is 30.1 Å². The number of ether oxygens (including phenoxy) is 1. The lowest BCUT2D eigenvalue weighted by molar-refractivity contribution is -0.121. The number of carbonyl (C=O) groups is 1. The fourth-order valence-electron chi connectivity index (χ4n) is 2.23. The first-order valence-corrected chi connectivity index (χ1v) is 7.63. The number of fused-ring (bicyclic) bond motifs is 1. The van der Waals surface area contributed by atoms with Crippen LogP contribution in [0.1, 0.15) is 5.56 Å². The van der Waals surface area contributed by atoms with Crippen molar-refractivity contribution < 1.29 is 14.6 Å². The number of hydrazone groups is 1. The zero-order valence-electron chi connectivity index (χ0n) is 13.2. The minimum atomic E-state index is -0.389. The molecule has 1 amide bonds. The molecule has 0 fully saturated rings. The van der Waals surface area contributed by atoms with Gasteiger partial charge in [0.2, 0.25) is 0 Å². The van der Waals surface area contributed by atoms with E-state index in [-0.39, 0.29) is 24.0 Å². The maximum atomic E-state index is 12.0. The van der Waals surface area contributed by atoms with Gasteiger partial charge in [-0.2, -0.15) is 5.10 Å². The Morgan fingerprint density at radius 3 is 3.04 bits per heavy atom. The van der Waals surface area contributed by atoms with Crippen LogP contribution >= 0.6 is 11.6 Å². The van der Waals surface area contributed by atoms with E-state index in [1.807, 2.05) is 24.3 Å². The van der Waals surface area contributed by atoms with Gasteiger partial charge in [0.15, 0.2) is 11.5 Å². The van der Waals surface area contributed by atoms with Crippen molar-refractivity contribution in [3.8, 4) is 11.5 Å². The Kier molecular flexibility index (Phi) is 4.80. The van der Waals surface area contributed by atoms with E-state index in [1.54, 1.807) is 0 Å². The van der Waals surface area contributed by atoms with Gasteiger partial charge in [-0.3, -0.25) is 4.79 Å². The number of benzene rings is 2. The first-order chi connectivity index (χ1) is 12.1. The van der Waals surface area contributed by atoms with Crippen LogP contribution in [-0.2, 0) is 11.3 Å². The minimum Gasteiger partial charge on any atom is -0.504 e. The van der Waals surface area contributed by atoms with E-state index in [2.05, 4.69) is 20.8 Å². The van der Waals surface area contributed by atoms with Crippen molar-refractivity contribution in [2.45, 2.75) is 6.54 Å². The summed E-state index contributed by atoms with van der Waals surface area (Å²) in [6.45, 7) is -0.0390. The average Bonchev–Trinajstić information content (AvgIpc) is 3.00. The van der Waals surface area contributed by atoms with Crippen molar-refractivity contribution in [1.29, 1.82) is 0 Å². The Hall–Kier alpha value is -3.13. The number of hydrogen-bond donors (Lipinski definition) is 2. The number of nitrogens with one attached hydrogen (secondary N) is 1. The molecule has 0 saturated heterocycles. The first-order valence-electron chi connectivity index (χ1n) is 7.25. The van der Waals surface area contributed by atoms with Gasteiger partial charge in [-0.15, -0.1) is 5.10 Å². The van der Waals surface area contributed by atoms with Gasteiger partial charge in [0.1, 0.15) is 12.1 Å². The summed E-state index contributed by atoms with van der Waals surface area (Å²) < 4.78 is 6.48. The summed E-state index contributed by atoms with van der Waals surface area (Å²) in [5.41, 5.74) is 4.13. The summed E-state index contributed by atoms with van der Waals surface area (Å²) >= 11 is 5.93. The molecule has 3 aromatic rings. The van der Waals surface area contributed by atoms with Crippen LogP contribution in [0.15, 0.2) is 41.5 Å². The SMILES string of the molecule is COc1cc(Cl)cc(/C=N\NC(=O)Cn2nnc3ccccc32)c1O. The van der Waals surface area contributed by atoms with Gasteiger partial charge in [-0.1, -0.05) is 28.9 Å². The number of nitrogens with zero attached hydrogens (tertiary/aromatic N) is 4. The smallest absolute Gasteiger partial charge is 0.261 e. The lowest BCUT2D eigenvalue weighted by atomic mass is 10.2. The molecule has 0 aliphatic carbocycles. The highest BCUT2D eigenvalue weighted by Crippen LogP contribution is 2.32. The van der Waals surface area contributed by atoms with E-state index in [9.17, 15) is 9.90 Å². The van der Waals surface area contributed by atoms with Crippen molar-refractivity contribution in [2.24, 2.45) is 5.10 Å². The second kappa shape index (κ2) is 7.18. The van der Waals surface area contributed by atoms with E-state index < -0.39 is 0 Å². The molecule has 0 aliphatic rings. The molecule has 3 rings (SSSR count). The zero-order chi connectivity index (χ0) is 17.8. The van der Waals surface area contributed by atoms with Crippen molar-refractivity contribution in [3.05, 3.63) is 47.0 Å². The summed E-state index contributed by atoms with van der Waals surface area (Å²) in [5, 5.41) is 22.1. The van der Waals surface area contributed by atoms with Gasteiger partial charge >= 0.3 is 0 Å². The second-order valence-electron chi connectivity index (χ2n) is 5.07. The number of hydrogen-bond acceptors (Lipinski definition) is 6. The summed E-state index contributed by atoms with van der Waals surface area (Å²) in [6.07, 6.45) is 1.28. The van der Waals surface area contributed by atoms with Crippen molar-refractivity contribution in [2.75, 3.05) is 7.11 Å². The van der Waals surface area contributed by atoms with Crippen molar-refractivity contribution in [1.82, 2.24) is 20.4 Å². The van der Waals surface area contributed by atoms with Crippen LogP contribution in [-0.4, -0.2) is 39.3 Å². The quantitative estimate of drug-likeness (QED) is 0.535. The summed E-state index contributed by atoms with van der Waals surface area (Å²) in [4.78, 5) is 12.0. The van der Waals surface area contributed by atoms with Crippen LogP contribution < -0.4 is 10.2 Å². The molecule has 2 N–H and O–H groups in total. The molecule has 0 radical (unpaired) electrons. The van der Waals surface area contributed by atoms with Crippen LogP contribution in [0.4, 0.5) is 0 Å². The number of aromatic hydroxyl groups is 1.